The molecule has 0 radical (unpaired) electrons. The molecule has 0 aromatic heterocycles. The Balaban J connectivity index is 1.03. The first-order valence-corrected chi connectivity index (χ1v) is 19.5. The lowest BCUT2D eigenvalue weighted by molar-refractivity contribution is -0.120. The largest absolute Gasteiger partial charge is 0.508 e. The predicted octanol–water partition coefficient (Wildman–Crippen LogP) is 7.22. The number of phenols is 1. The van der Waals surface area contributed by atoms with Gasteiger partial charge in [-0.3, -0.25) is 19.4 Å². The van der Waals surface area contributed by atoms with Crippen molar-refractivity contribution in [3.63, 3.8) is 0 Å². The first-order valence-electron chi connectivity index (χ1n) is 19.5. The summed E-state index contributed by atoms with van der Waals surface area (Å²) in [5.41, 5.74) is 4.51. The zero-order valence-corrected chi connectivity index (χ0v) is 33.6. The number of hydrogen-bond donors (Lipinski definition) is 5. The normalized spacial score (nSPS) is 11.6. The van der Waals surface area contributed by atoms with E-state index in [9.17, 15) is 39.3 Å². The molecule has 4 aliphatic rings. The minimum absolute atomic E-state index is 0.0178. The Morgan fingerprint density at radius 2 is 1.27 bits per heavy atom. The lowest BCUT2D eigenvalue weighted by atomic mass is 9.89. The molecule has 0 unspecified atom stereocenters. The SMILES string of the molecule is CC/N=c1/ccc2c(-c3ccc(C(=O)NCC(=O)NCc4ccc(-c5c6ccc(=O)cc-6oc6cc(O)ccc56)c(C(=O)O)c4)cc3C(=O)O)c3ccc(N(C)C)cc3oc-2c1. The maximum atomic E-state index is 13.4. The van der Waals surface area contributed by atoms with Gasteiger partial charge < -0.3 is 39.7 Å². The van der Waals surface area contributed by atoms with Gasteiger partial charge in [-0.05, 0) is 90.3 Å². The molecule has 0 fully saturated rings. The highest BCUT2D eigenvalue weighted by molar-refractivity contribution is 6.10. The fraction of sp³-hybridized carbons (Fsp3) is 0.125. The molecular formula is C48H38N4O10. The first kappa shape index (κ1) is 40.5. The van der Waals surface area contributed by atoms with Crippen molar-refractivity contribution in [2.75, 3.05) is 32.1 Å². The summed E-state index contributed by atoms with van der Waals surface area (Å²) < 4.78 is 12.2. The molecule has 2 aliphatic heterocycles. The summed E-state index contributed by atoms with van der Waals surface area (Å²) in [5, 5.41) is 38.0. The van der Waals surface area contributed by atoms with Crippen LogP contribution < -0.4 is 26.3 Å². The lowest BCUT2D eigenvalue weighted by Crippen LogP contribution is -2.36. The van der Waals surface area contributed by atoms with Gasteiger partial charge in [-0.15, -0.1) is 0 Å². The highest BCUT2D eigenvalue weighted by Gasteiger charge is 2.25. The number of phenolic OH excluding ortho intramolecular Hbond substituents is 1. The number of rotatable bonds is 11. The van der Waals surface area contributed by atoms with E-state index < -0.39 is 30.3 Å². The molecule has 0 spiro atoms. The summed E-state index contributed by atoms with van der Waals surface area (Å²) in [7, 11) is 3.81. The molecule has 4 aromatic carbocycles. The van der Waals surface area contributed by atoms with Gasteiger partial charge in [0.1, 0.15) is 28.4 Å². The van der Waals surface area contributed by atoms with Crippen LogP contribution in [-0.4, -0.2) is 66.3 Å². The van der Waals surface area contributed by atoms with Gasteiger partial charge in [-0.2, -0.15) is 0 Å². The van der Waals surface area contributed by atoms with Crippen molar-refractivity contribution < 1.29 is 43.3 Å². The zero-order valence-electron chi connectivity index (χ0n) is 33.6. The van der Waals surface area contributed by atoms with Gasteiger partial charge in [0.2, 0.25) is 5.91 Å². The quantitative estimate of drug-likeness (QED) is 0.0822. The summed E-state index contributed by atoms with van der Waals surface area (Å²) in [5.74, 6) is -3.13. The lowest BCUT2D eigenvalue weighted by Gasteiger charge is -2.19. The number of hydrogen-bond acceptors (Lipinski definition) is 10. The minimum atomic E-state index is -1.26. The van der Waals surface area contributed by atoms with Crippen LogP contribution >= 0.6 is 0 Å². The van der Waals surface area contributed by atoms with Crippen LogP contribution in [0.1, 0.15) is 43.6 Å². The molecule has 4 aromatic rings. The molecule has 5 N–H and O–H groups in total. The molecule has 310 valence electrons. The van der Waals surface area contributed by atoms with E-state index in [0.29, 0.717) is 73.0 Å². The van der Waals surface area contributed by atoms with Crippen molar-refractivity contribution in [3.8, 4) is 50.7 Å². The van der Waals surface area contributed by atoms with Crippen LogP contribution in [0.5, 0.6) is 5.75 Å². The molecule has 0 bridgehead atoms. The third-order valence-electron chi connectivity index (χ3n) is 10.5. The number of amides is 2. The molecule has 62 heavy (non-hydrogen) atoms. The van der Waals surface area contributed by atoms with E-state index in [0.717, 1.165) is 5.69 Å². The number of nitrogens with zero attached hydrogens (tertiary/aromatic N) is 2. The highest BCUT2D eigenvalue weighted by Crippen LogP contribution is 2.44. The second-order valence-electron chi connectivity index (χ2n) is 14.7. The second kappa shape index (κ2) is 16.4. The summed E-state index contributed by atoms with van der Waals surface area (Å²) in [6.45, 7) is 1.95. The molecule has 0 saturated heterocycles. The van der Waals surface area contributed by atoms with E-state index in [-0.39, 0.29) is 45.8 Å². The monoisotopic (exact) mass is 830 g/mol. The predicted molar refractivity (Wildman–Crippen MR) is 233 cm³/mol. The number of carboxylic acid groups (broad SMARTS) is 2. The number of carbonyl (C=O) groups is 4. The molecule has 2 aliphatic carbocycles. The maximum absolute atomic E-state index is 13.4. The van der Waals surface area contributed by atoms with Gasteiger partial charge >= 0.3 is 11.9 Å². The fourth-order valence-corrected chi connectivity index (χ4v) is 7.57. The summed E-state index contributed by atoms with van der Waals surface area (Å²) in [6.07, 6.45) is 0. The summed E-state index contributed by atoms with van der Waals surface area (Å²) >= 11 is 0. The van der Waals surface area contributed by atoms with Crippen molar-refractivity contribution in [2.24, 2.45) is 4.99 Å². The Kier molecular flexibility index (Phi) is 10.7. The maximum Gasteiger partial charge on any atom is 0.336 e. The number of carboxylic acids is 2. The van der Waals surface area contributed by atoms with Gasteiger partial charge in [0.15, 0.2) is 5.43 Å². The van der Waals surface area contributed by atoms with Crippen molar-refractivity contribution >= 4 is 51.4 Å². The van der Waals surface area contributed by atoms with Crippen molar-refractivity contribution in [2.45, 2.75) is 13.5 Å². The van der Waals surface area contributed by atoms with E-state index in [1.807, 2.05) is 62.3 Å². The third kappa shape index (κ3) is 7.79. The van der Waals surface area contributed by atoms with Gasteiger partial charge in [0, 0.05) is 95.7 Å². The second-order valence-corrected chi connectivity index (χ2v) is 14.7. The smallest absolute Gasteiger partial charge is 0.336 e. The number of benzene rings is 6. The molecule has 2 amide bonds. The van der Waals surface area contributed by atoms with Gasteiger partial charge in [0.05, 0.1) is 23.0 Å². The summed E-state index contributed by atoms with van der Waals surface area (Å²) in [6, 6.07) is 28.8. The van der Waals surface area contributed by atoms with E-state index in [2.05, 4.69) is 15.6 Å². The Bertz CT molecular complexity index is 3200. The van der Waals surface area contributed by atoms with Gasteiger partial charge in [-0.25, -0.2) is 9.59 Å². The van der Waals surface area contributed by atoms with Crippen LogP contribution in [-0.2, 0) is 11.3 Å². The highest BCUT2D eigenvalue weighted by atomic mass is 16.4. The van der Waals surface area contributed by atoms with Crippen LogP contribution in [0.4, 0.5) is 5.69 Å². The Morgan fingerprint density at radius 3 is 1.95 bits per heavy atom. The molecule has 0 atom stereocenters. The number of carbonyl (C=O) groups excluding carboxylic acids is 2. The molecular weight excluding hydrogens is 793 g/mol. The van der Waals surface area contributed by atoms with Crippen molar-refractivity contribution in [1.29, 1.82) is 0 Å². The molecule has 2 heterocycles. The van der Waals surface area contributed by atoms with E-state index in [1.165, 1.54) is 42.5 Å². The van der Waals surface area contributed by atoms with Crippen LogP contribution in [0.2, 0.25) is 0 Å². The van der Waals surface area contributed by atoms with E-state index in [1.54, 1.807) is 30.3 Å². The van der Waals surface area contributed by atoms with E-state index >= 15 is 0 Å². The molecule has 14 nitrogen and oxygen atoms in total. The molecule has 8 rings (SSSR count). The standard InChI is InChI=1S/C48H38N4O10/c1-4-49-27-7-13-33-39(19-27)61-40-20-28(52(2)3)8-14-34(40)45(33)32-12-6-26(18-38(32)48(59)60)46(56)51-24-43(55)50-23-25-5-11-31(37(17-25)47(57)58)44-35-15-9-29(53)21-41(35)62-42-22-30(54)10-16-36(42)44/h5-22,53H,4,23-24H2,1-3H3,(H,50,55)(H,51,56)(H,57,58)(H,59,60)/b49-27-. The number of nitrogens with one attached hydrogen (secondary N) is 2. The van der Waals surface area contributed by atoms with Crippen molar-refractivity contribution in [3.05, 3.63) is 147 Å². The van der Waals surface area contributed by atoms with Crippen molar-refractivity contribution in [1.82, 2.24) is 10.6 Å². The average Bonchev–Trinajstić information content (AvgIpc) is 3.25. The third-order valence-corrected chi connectivity index (χ3v) is 10.5. The fourth-order valence-electron chi connectivity index (χ4n) is 7.57. The number of aromatic carboxylic acids is 2. The Morgan fingerprint density at radius 1 is 0.661 bits per heavy atom. The van der Waals surface area contributed by atoms with Gasteiger partial charge in [-0.1, -0.05) is 18.2 Å². The molecule has 14 heteroatoms. The minimum Gasteiger partial charge on any atom is -0.508 e. The Hall–Kier alpha value is -8.26. The topological polar surface area (TPSA) is 212 Å². The first-order chi connectivity index (χ1) is 29.8. The van der Waals surface area contributed by atoms with Crippen LogP contribution in [0.3, 0.4) is 0 Å². The van der Waals surface area contributed by atoms with Crippen LogP contribution in [0, 0.1) is 0 Å². The molecule has 0 saturated carbocycles. The van der Waals surface area contributed by atoms with Gasteiger partial charge in [0.25, 0.3) is 5.91 Å². The number of anilines is 1. The van der Waals surface area contributed by atoms with E-state index in [4.69, 9.17) is 8.83 Å². The zero-order chi connectivity index (χ0) is 43.8. The van der Waals surface area contributed by atoms with Crippen LogP contribution in [0.25, 0.3) is 66.8 Å². The number of fused-ring (bicyclic) bond motifs is 4. The Labute approximate surface area is 352 Å². The van der Waals surface area contributed by atoms with Crippen LogP contribution in [0.15, 0.2) is 128 Å². The number of aromatic hydroxyl groups is 1. The summed E-state index contributed by atoms with van der Waals surface area (Å²) in [4.78, 5) is 70.4. The average molecular weight is 831 g/mol.